The molecule has 0 N–H and O–H groups in total. The number of hydrogen-bond donors (Lipinski definition) is 0. The van der Waals surface area contributed by atoms with Gasteiger partial charge in [0.1, 0.15) is 10.6 Å². The van der Waals surface area contributed by atoms with Crippen molar-refractivity contribution < 1.29 is 9.35 Å². The van der Waals surface area contributed by atoms with Gasteiger partial charge in [0, 0.05) is 18.1 Å². The van der Waals surface area contributed by atoms with Gasteiger partial charge in [-0.2, -0.15) is 4.98 Å². The fraction of sp³-hybridized carbons (Fsp3) is 0.556. The lowest BCUT2D eigenvalue weighted by Crippen LogP contribution is -2.05. The predicted molar refractivity (Wildman–Crippen MR) is 63.3 cm³/mol. The van der Waals surface area contributed by atoms with Crippen LogP contribution < -0.4 is 0 Å². The maximum absolute atomic E-state index is 11.7. The monoisotopic (exact) mass is 265 g/mol. The summed E-state index contributed by atoms with van der Waals surface area (Å²) < 4.78 is 12.1. The number of carbonyl (C=O) groups is 1. The van der Waals surface area contributed by atoms with E-state index in [9.17, 15) is 9.35 Å². The lowest BCUT2D eigenvalue weighted by Gasteiger charge is -2.04. The Morgan fingerprint density at radius 2 is 2.33 bits per heavy atom. The van der Waals surface area contributed by atoms with Crippen LogP contribution in [0.15, 0.2) is 4.34 Å². The standard InChI is InChI=1S/C9H12ClNO2S2/c1-3-4-5-15(13)9-11-8(10)7(14-9)6(2)12/h3-5H2,1-2H3. The average molecular weight is 266 g/mol. The van der Waals surface area contributed by atoms with Gasteiger partial charge >= 0.3 is 4.34 Å². The van der Waals surface area contributed by atoms with Crippen LogP contribution in [0.4, 0.5) is 0 Å². The molecule has 0 aliphatic carbocycles. The van der Waals surface area contributed by atoms with Gasteiger partial charge in [-0.3, -0.25) is 4.79 Å². The van der Waals surface area contributed by atoms with E-state index in [1.54, 1.807) is 0 Å². The summed E-state index contributed by atoms with van der Waals surface area (Å²) in [5.41, 5.74) is 0. The minimum absolute atomic E-state index is 0.128. The van der Waals surface area contributed by atoms with Crippen molar-refractivity contribution in [1.82, 2.24) is 4.98 Å². The molecule has 1 atom stereocenters. The highest BCUT2D eigenvalue weighted by molar-refractivity contribution is 7.93. The fourth-order valence-electron chi connectivity index (χ4n) is 0.960. The van der Waals surface area contributed by atoms with Gasteiger partial charge in [0.2, 0.25) is 0 Å². The van der Waals surface area contributed by atoms with Crippen LogP contribution in [0.3, 0.4) is 0 Å². The van der Waals surface area contributed by atoms with Gasteiger partial charge in [-0.15, -0.1) is 0 Å². The van der Waals surface area contributed by atoms with Gasteiger partial charge in [-0.05, 0) is 6.42 Å². The molecule has 15 heavy (non-hydrogen) atoms. The maximum Gasteiger partial charge on any atom is 0.303 e. The smallest absolute Gasteiger partial charge is 0.303 e. The Kier molecular flexibility index (Phi) is 5.05. The first-order valence-corrected chi connectivity index (χ1v) is 7.13. The normalized spacial score (nSPS) is 12.8. The molecule has 0 saturated heterocycles. The zero-order valence-electron chi connectivity index (χ0n) is 8.58. The quantitative estimate of drug-likeness (QED) is 0.608. The summed E-state index contributed by atoms with van der Waals surface area (Å²) >= 11 is 5.78. The van der Waals surface area contributed by atoms with E-state index in [4.69, 9.17) is 11.6 Å². The number of aromatic nitrogens is 1. The van der Waals surface area contributed by atoms with Gasteiger partial charge in [-0.25, -0.2) is 0 Å². The first kappa shape index (κ1) is 13.0. The summed E-state index contributed by atoms with van der Waals surface area (Å²) in [7, 11) is 0. The Morgan fingerprint density at radius 1 is 1.67 bits per heavy atom. The number of rotatable bonds is 5. The Hall–Kier alpha value is -0.100. The SMILES string of the molecule is CCCC[S+]([O-])c1nc(Cl)c(C(C)=O)s1. The van der Waals surface area contributed by atoms with E-state index in [0.29, 0.717) is 15.0 Å². The van der Waals surface area contributed by atoms with Gasteiger partial charge in [0.25, 0.3) is 0 Å². The Balaban J connectivity index is 2.78. The molecule has 0 fully saturated rings. The number of Topliss-reactive ketones (excluding diaryl/α,β-unsaturated/α-hetero) is 1. The molecule has 6 heteroatoms. The third-order valence-corrected chi connectivity index (χ3v) is 5.05. The van der Waals surface area contributed by atoms with Crippen LogP contribution in [0, 0.1) is 0 Å². The van der Waals surface area contributed by atoms with Crippen LogP contribution >= 0.6 is 22.9 Å². The minimum atomic E-state index is -1.12. The highest BCUT2D eigenvalue weighted by Crippen LogP contribution is 2.27. The van der Waals surface area contributed by atoms with Crippen molar-refractivity contribution in [1.29, 1.82) is 0 Å². The molecule has 0 aliphatic heterocycles. The third-order valence-electron chi connectivity index (χ3n) is 1.76. The molecule has 0 bridgehead atoms. The molecule has 1 rings (SSSR count). The molecule has 0 saturated carbocycles. The summed E-state index contributed by atoms with van der Waals surface area (Å²) in [5, 5.41) is 0.173. The molecule has 1 aromatic rings. The lowest BCUT2D eigenvalue weighted by molar-refractivity contribution is 0.102. The van der Waals surface area contributed by atoms with Gasteiger partial charge in [-0.1, -0.05) is 36.3 Å². The third kappa shape index (κ3) is 3.45. The summed E-state index contributed by atoms with van der Waals surface area (Å²) in [5.74, 6) is 0.453. The fourth-order valence-corrected chi connectivity index (χ4v) is 3.77. The van der Waals surface area contributed by atoms with Crippen LogP contribution in [0.25, 0.3) is 0 Å². The van der Waals surface area contributed by atoms with Crippen molar-refractivity contribution >= 4 is 39.9 Å². The Labute approximate surface area is 101 Å². The summed E-state index contributed by atoms with van der Waals surface area (Å²) in [4.78, 5) is 15.5. The Morgan fingerprint density at radius 3 is 2.80 bits per heavy atom. The lowest BCUT2D eigenvalue weighted by atomic mass is 10.4. The maximum atomic E-state index is 11.7. The number of halogens is 1. The second-order valence-electron chi connectivity index (χ2n) is 3.06. The van der Waals surface area contributed by atoms with Crippen LogP contribution in [0.5, 0.6) is 0 Å². The molecule has 1 unspecified atom stereocenters. The minimum Gasteiger partial charge on any atom is -0.610 e. The molecule has 1 heterocycles. The van der Waals surface area contributed by atoms with Crippen molar-refractivity contribution in [2.75, 3.05) is 5.75 Å². The van der Waals surface area contributed by atoms with Crippen molar-refractivity contribution in [2.24, 2.45) is 0 Å². The highest BCUT2D eigenvalue weighted by Gasteiger charge is 2.21. The molecule has 0 radical (unpaired) electrons. The predicted octanol–water partition coefficient (Wildman–Crippen LogP) is 2.91. The number of nitrogens with zero attached hydrogens (tertiary/aromatic N) is 1. The van der Waals surface area contributed by atoms with Crippen LogP contribution in [-0.4, -0.2) is 21.1 Å². The number of ketones is 1. The van der Waals surface area contributed by atoms with E-state index < -0.39 is 11.2 Å². The van der Waals surface area contributed by atoms with E-state index in [1.807, 2.05) is 6.92 Å². The van der Waals surface area contributed by atoms with Gasteiger partial charge in [0.15, 0.2) is 10.9 Å². The first-order valence-electron chi connectivity index (χ1n) is 4.62. The van der Waals surface area contributed by atoms with Crippen LogP contribution in [-0.2, 0) is 11.2 Å². The molecular weight excluding hydrogens is 254 g/mol. The first-order chi connectivity index (χ1) is 7.06. The topological polar surface area (TPSA) is 53.0 Å². The highest BCUT2D eigenvalue weighted by atomic mass is 35.5. The molecule has 0 amide bonds. The van der Waals surface area contributed by atoms with E-state index in [0.717, 1.165) is 24.2 Å². The second kappa shape index (κ2) is 5.84. The van der Waals surface area contributed by atoms with Crippen molar-refractivity contribution in [3.05, 3.63) is 10.0 Å². The molecule has 1 aromatic heterocycles. The van der Waals surface area contributed by atoms with Crippen molar-refractivity contribution in [2.45, 2.75) is 31.0 Å². The van der Waals surface area contributed by atoms with Gasteiger partial charge in [0.05, 0.1) is 0 Å². The zero-order valence-corrected chi connectivity index (χ0v) is 11.0. The molecule has 0 spiro atoms. The van der Waals surface area contributed by atoms with Crippen molar-refractivity contribution in [3.8, 4) is 0 Å². The van der Waals surface area contributed by atoms with E-state index >= 15 is 0 Å². The van der Waals surface area contributed by atoms with E-state index in [2.05, 4.69) is 4.98 Å². The van der Waals surface area contributed by atoms with E-state index in [1.165, 1.54) is 6.92 Å². The largest absolute Gasteiger partial charge is 0.610 e. The van der Waals surface area contributed by atoms with Crippen LogP contribution in [0.1, 0.15) is 36.4 Å². The van der Waals surface area contributed by atoms with E-state index in [-0.39, 0.29) is 10.9 Å². The van der Waals surface area contributed by atoms with Crippen LogP contribution in [0.2, 0.25) is 5.15 Å². The number of carbonyl (C=O) groups excluding carboxylic acids is 1. The summed E-state index contributed by atoms with van der Waals surface area (Å²) in [6.45, 7) is 3.46. The molecule has 0 aliphatic rings. The molecule has 3 nitrogen and oxygen atoms in total. The second-order valence-corrected chi connectivity index (χ2v) is 6.16. The number of hydrogen-bond acceptors (Lipinski definition) is 4. The zero-order chi connectivity index (χ0) is 11.4. The number of thiazole rings is 1. The molecular formula is C9H12ClNO2S2. The number of unbranched alkanes of at least 4 members (excludes halogenated alkanes) is 1. The van der Waals surface area contributed by atoms with Crippen molar-refractivity contribution in [3.63, 3.8) is 0 Å². The average Bonchev–Trinajstić information content (AvgIpc) is 2.56. The molecule has 84 valence electrons. The van der Waals surface area contributed by atoms with Gasteiger partial charge < -0.3 is 4.55 Å². The Bertz CT molecular complexity index is 354. The summed E-state index contributed by atoms with van der Waals surface area (Å²) in [6, 6.07) is 0. The molecule has 0 aromatic carbocycles. The summed E-state index contributed by atoms with van der Waals surface area (Å²) in [6.07, 6.45) is 1.88.